The smallest absolute Gasteiger partial charge is 0.270 e. The molecule has 0 bridgehead atoms. The highest BCUT2D eigenvalue weighted by atomic mass is 16.2. The van der Waals surface area contributed by atoms with Crippen LogP contribution in [0.25, 0.3) is 0 Å². The molecule has 4 nitrogen and oxygen atoms in total. The van der Waals surface area contributed by atoms with Crippen LogP contribution in [-0.2, 0) is 7.05 Å². The van der Waals surface area contributed by atoms with Gasteiger partial charge < -0.3 is 14.4 Å². The fraction of sp³-hybridized carbons (Fsp3) is 0.706. The van der Waals surface area contributed by atoms with Gasteiger partial charge in [0.05, 0.1) is 0 Å². The number of carbonyl (C=O) groups excluding carboxylic acids is 1. The zero-order valence-electron chi connectivity index (χ0n) is 13.6. The van der Waals surface area contributed by atoms with E-state index in [2.05, 4.69) is 19.0 Å². The van der Waals surface area contributed by atoms with Gasteiger partial charge in [-0.05, 0) is 63.7 Å². The molecule has 3 rings (SSSR count). The Morgan fingerprint density at radius 1 is 1.10 bits per heavy atom. The van der Waals surface area contributed by atoms with Crippen LogP contribution in [0, 0.1) is 11.8 Å². The molecule has 1 amide bonds. The summed E-state index contributed by atoms with van der Waals surface area (Å²) in [5.41, 5.74) is 0.792. The van der Waals surface area contributed by atoms with E-state index in [9.17, 15) is 4.79 Å². The lowest BCUT2D eigenvalue weighted by molar-refractivity contribution is 0.0716. The van der Waals surface area contributed by atoms with Crippen molar-refractivity contribution >= 4 is 5.91 Å². The molecule has 0 aliphatic heterocycles. The van der Waals surface area contributed by atoms with Crippen LogP contribution in [0.4, 0.5) is 0 Å². The van der Waals surface area contributed by atoms with Crippen molar-refractivity contribution in [2.75, 3.05) is 21.1 Å². The molecule has 21 heavy (non-hydrogen) atoms. The Bertz CT molecular complexity index is 508. The van der Waals surface area contributed by atoms with Crippen molar-refractivity contribution in [1.82, 2.24) is 14.4 Å². The van der Waals surface area contributed by atoms with Crippen molar-refractivity contribution < 1.29 is 4.79 Å². The minimum absolute atomic E-state index is 0.164. The van der Waals surface area contributed by atoms with Crippen molar-refractivity contribution in [1.29, 1.82) is 0 Å². The summed E-state index contributed by atoms with van der Waals surface area (Å²) >= 11 is 0. The predicted molar refractivity (Wildman–Crippen MR) is 84.2 cm³/mol. The van der Waals surface area contributed by atoms with Gasteiger partial charge in [0.15, 0.2) is 0 Å². The summed E-state index contributed by atoms with van der Waals surface area (Å²) in [6.07, 6.45) is 6.91. The highest BCUT2D eigenvalue weighted by Gasteiger charge is 2.44. The van der Waals surface area contributed by atoms with E-state index in [-0.39, 0.29) is 5.91 Å². The molecule has 0 saturated heterocycles. The van der Waals surface area contributed by atoms with Crippen LogP contribution in [0.1, 0.15) is 36.2 Å². The van der Waals surface area contributed by atoms with Gasteiger partial charge in [0.2, 0.25) is 0 Å². The first-order valence-corrected chi connectivity index (χ1v) is 8.02. The third-order valence-electron chi connectivity index (χ3n) is 5.73. The minimum atomic E-state index is 0.164. The summed E-state index contributed by atoms with van der Waals surface area (Å²) in [6, 6.07) is 5.02. The van der Waals surface area contributed by atoms with Gasteiger partial charge >= 0.3 is 0 Å². The van der Waals surface area contributed by atoms with Crippen molar-refractivity contribution in [3.63, 3.8) is 0 Å². The average molecular weight is 289 g/mol. The second-order valence-corrected chi connectivity index (χ2v) is 7.15. The van der Waals surface area contributed by atoms with Gasteiger partial charge in [-0.15, -0.1) is 0 Å². The predicted octanol–water partition coefficient (Wildman–Crippen LogP) is 2.22. The molecule has 0 spiro atoms. The number of nitrogens with zero attached hydrogens (tertiary/aromatic N) is 3. The maximum atomic E-state index is 12.6. The lowest BCUT2D eigenvalue weighted by Crippen LogP contribution is -2.37. The maximum absolute atomic E-state index is 12.6. The lowest BCUT2D eigenvalue weighted by Gasteiger charge is -2.27. The van der Waals surface area contributed by atoms with Crippen molar-refractivity contribution in [2.24, 2.45) is 18.9 Å². The fourth-order valence-corrected chi connectivity index (χ4v) is 4.32. The quantitative estimate of drug-likeness (QED) is 0.853. The number of hydrogen-bond acceptors (Lipinski definition) is 2. The molecule has 2 saturated carbocycles. The Kier molecular flexibility index (Phi) is 3.82. The lowest BCUT2D eigenvalue weighted by atomic mass is 10.0. The topological polar surface area (TPSA) is 28.5 Å². The SMILES string of the molecule is CN(C)C1C[C@@H]2CC(N(C)C(=O)c3cccn3C)C[C@@H]2C1. The number of hydrogen-bond donors (Lipinski definition) is 0. The van der Waals surface area contributed by atoms with E-state index in [0.29, 0.717) is 6.04 Å². The molecule has 116 valence electrons. The third kappa shape index (κ3) is 2.61. The van der Waals surface area contributed by atoms with Crippen LogP contribution in [0.15, 0.2) is 18.3 Å². The van der Waals surface area contributed by atoms with E-state index in [1.54, 1.807) is 0 Å². The second-order valence-electron chi connectivity index (χ2n) is 7.15. The summed E-state index contributed by atoms with van der Waals surface area (Å²) in [7, 11) is 8.29. The first-order chi connectivity index (χ1) is 9.97. The number of aryl methyl sites for hydroxylation is 1. The van der Waals surface area contributed by atoms with Gasteiger partial charge in [-0.3, -0.25) is 4.79 Å². The van der Waals surface area contributed by atoms with E-state index in [0.717, 1.165) is 23.6 Å². The molecule has 1 aromatic heterocycles. The number of carbonyl (C=O) groups is 1. The third-order valence-corrected chi connectivity index (χ3v) is 5.73. The van der Waals surface area contributed by atoms with Crippen LogP contribution < -0.4 is 0 Å². The van der Waals surface area contributed by atoms with Crippen molar-refractivity contribution in [3.8, 4) is 0 Å². The summed E-state index contributed by atoms with van der Waals surface area (Å²) in [4.78, 5) is 17.0. The summed E-state index contributed by atoms with van der Waals surface area (Å²) < 4.78 is 1.91. The first-order valence-electron chi connectivity index (χ1n) is 8.02. The Balaban J connectivity index is 1.63. The number of rotatable bonds is 3. The summed E-state index contributed by atoms with van der Waals surface area (Å²) in [6.45, 7) is 0. The Morgan fingerprint density at radius 3 is 2.14 bits per heavy atom. The molecule has 1 heterocycles. The van der Waals surface area contributed by atoms with Crippen molar-refractivity contribution in [2.45, 2.75) is 37.8 Å². The number of aromatic nitrogens is 1. The molecule has 4 atom stereocenters. The van der Waals surface area contributed by atoms with Gasteiger partial charge in [0.25, 0.3) is 5.91 Å². The van der Waals surface area contributed by atoms with Gasteiger partial charge in [-0.25, -0.2) is 0 Å². The molecule has 2 unspecified atom stereocenters. The molecule has 0 N–H and O–H groups in total. The average Bonchev–Trinajstić information content (AvgIpc) is 3.09. The monoisotopic (exact) mass is 289 g/mol. The first kappa shape index (κ1) is 14.6. The fourth-order valence-electron chi connectivity index (χ4n) is 4.32. The molecule has 2 aliphatic rings. The highest BCUT2D eigenvalue weighted by molar-refractivity contribution is 5.92. The van der Waals surface area contributed by atoms with Gasteiger partial charge in [-0.1, -0.05) is 0 Å². The Morgan fingerprint density at radius 2 is 1.67 bits per heavy atom. The molecular weight excluding hydrogens is 262 g/mol. The molecule has 0 radical (unpaired) electrons. The summed E-state index contributed by atoms with van der Waals surface area (Å²) in [5, 5.41) is 0. The Labute approximate surface area is 127 Å². The van der Waals surface area contributed by atoms with E-state index in [1.807, 2.05) is 41.9 Å². The maximum Gasteiger partial charge on any atom is 0.270 e. The van der Waals surface area contributed by atoms with Gasteiger partial charge in [0.1, 0.15) is 5.69 Å². The van der Waals surface area contributed by atoms with E-state index in [4.69, 9.17) is 0 Å². The molecule has 2 aliphatic carbocycles. The normalized spacial score (nSPS) is 31.7. The largest absolute Gasteiger partial charge is 0.347 e. The molecule has 0 aromatic carbocycles. The zero-order valence-corrected chi connectivity index (χ0v) is 13.6. The second kappa shape index (κ2) is 5.48. The highest BCUT2D eigenvalue weighted by Crippen LogP contribution is 2.46. The molecular formula is C17H27N3O. The number of fused-ring (bicyclic) bond motifs is 1. The minimum Gasteiger partial charge on any atom is -0.347 e. The van der Waals surface area contributed by atoms with E-state index < -0.39 is 0 Å². The Hall–Kier alpha value is -1.29. The van der Waals surface area contributed by atoms with Gasteiger partial charge in [0, 0.05) is 32.4 Å². The van der Waals surface area contributed by atoms with Crippen LogP contribution in [0.2, 0.25) is 0 Å². The van der Waals surface area contributed by atoms with Crippen molar-refractivity contribution in [3.05, 3.63) is 24.0 Å². The molecule has 4 heteroatoms. The van der Waals surface area contributed by atoms with E-state index in [1.165, 1.54) is 25.7 Å². The van der Waals surface area contributed by atoms with Crippen LogP contribution in [0.5, 0.6) is 0 Å². The van der Waals surface area contributed by atoms with Gasteiger partial charge in [-0.2, -0.15) is 0 Å². The standard InChI is InChI=1S/C17H27N3O/c1-18(2)14-8-12-10-15(11-13(12)9-14)20(4)17(21)16-6-5-7-19(16)3/h5-7,12-15H,8-11H2,1-4H3/t12-,13+,14?,15?. The molecule has 2 fully saturated rings. The summed E-state index contributed by atoms with van der Waals surface area (Å²) in [5.74, 6) is 1.79. The van der Waals surface area contributed by atoms with E-state index >= 15 is 0 Å². The number of amides is 1. The zero-order chi connectivity index (χ0) is 15.1. The molecule has 1 aromatic rings. The van der Waals surface area contributed by atoms with Crippen LogP contribution >= 0.6 is 0 Å². The van der Waals surface area contributed by atoms with Crippen LogP contribution in [-0.4, -0.2) is 53.5 Å². The van der Waals surface area contributed by atoms with Crippen LogP contribution in [0.3, 0.4) is 0 Å².